The van der Waals surface area contributed by atoms with Gasteiger partial charge >= 0.3 is 12.0 Å². The summed E-state index contributed by atoms with van der Waals surface area (Å²) in [5.74, 6) is -1.01. The quantitative estimate of drug-likeness (QED) is 0.700. The second kappa shape index (κ2) is 8.34. The summed E-state index contributed by atoms with van der Waals surface area (Å²) in [5.41, 5.74) is 0. The standard InChI is InChI=1S/C12H23N3O4/c1-5-15(9(2)8-11(17)18)12(19)13-7-6-10(16)14(3)4/h9H,5-8H2,1-4H3,(H,13,19)(H,17,18). The molecule has 0 saturated heterocycles. The summed E-state index contributed by atoms with van der Waals surface area (Å²) in [6, 6.07) is -0.727. The predicted molar refractivity (Wildman–Crippen MR) is 70.8 cm³/mol. The highest BCUT2D eigenvalue weighted by molar-refractivity contribution is 5.78. The van der Waals surface area contributed by atoms with E-state index in [0.717, 1.165) is 0 Å². The maximum Gasteiger partial charge on any atom is 0.317 e. The lowest BCUT2D eigenvalue weighted by atomic mass is 10.2. The van der Waals surface area contributed by atoms with E-state index in [1.807, 2.05) is 0 Å². The number of carbonyl (C=O) groups is 3. The molecule has 0 heterocycles. The molecule has 0 saturated carbocycles. The van der Waals surface area contributed by atoms with Gasteiger partial charge in [-0.05, 0) is 13.8 Å². The Labute approximate surface area is 113 Å². The van der Waals surface area contributed by atoms with Gasteiger partial charge in [-0.15, -0.1) is 0 Å². The van der Waals surface area contributed by atoms with Gasteiger partial charge in [-0.25, -0.2) is 4.79 Å². The van der Waals surface area contributed by atoms with Crippen molar-refractivity contribution in [1.29, 1.82) is 0 Å². The van der Waals surface area contributed by atoms with Crippen LogP contribution in [0.3, 0.4) is 0 Å². The number of carboxylic acid groups (broad SMARTS) is 1. The first-order valence-electron chi connectivity index (χ1n) is 6.26. The van der Waals surface area contributed by atoms with Gasteiger partial charge in [0, 0.05) is 39.6 Å². The molecule has 0 aliphatic heterocycles. The van der Waals surface area contributed by atoms with Crippen LogP contribution in [0.4, 0.5) is 4.79 Å². The molecule has 0 bridgehead atoms. The molecule has 0 aliphatic carbocycles. The first-order chi connectivity index (χ1) is 8.79. The van der Waals surface area contributed by atoms with Gasteiger partial charge < -0.3 is 20.2 Å². The summed E-state index contributed by atoms with van der Waals surface area (Å²) in [7, 11) is 3.30. The molecular weight excluding hydrogens is 250 g/mol. The molecule has 110 valence electrons. The van der Waals surface area contributed by atoms with Crippen LogP contribution in [0.15, 0.2) is 0 Å². The van der Waals surface area contributed by atoms with E-state index in [4.69, 9.17) is 5.11 Å². The molecule has 7 heteroatoms. The molecule has 0 aromatic carbocycles. The van der Waals surface area contributed by atoms with Crippen LogP contribution >= 0.6 is 0 Å². The topological polar surface area (TPSA) is 90.0 Å². The van der Waals surface area contributed by atoms with E-state index in [2.05, 4.69) is 5.32 Å². The van der Waals surface area contributed by atoms with E-state index in [0.29, 0.717) is 6.54 Å². The number of urea groups is 1. The number of rotatable bonds is 7. The number of nitrogens with zero attached hydrogens (tertiary/aromatic N) is 2. The molecule has 0 spiro atoms. The molecule has 19 heavy (non-hydrogen) atoms. The Balaban J connectivity index is 4.22. The van der Waals surface area contributed by atoms with Gasteiger partial charge in [-0.2, -0.15) is 0 Å². The van der Waals surface area contributed by atoms with E-state index in [9.17, 15) is 14.4 Å². The minimum absolute atomic E-state index is 0.0677. The number of hydrogen-bond donors (Lipinski definition) is 2. The summed E-state index contributed by atoms with van der Waals surface area (Å²) < 4.78 is 0. The van der Waals surface area contributed by atoms with E-state index < -0.39 is 5.97 Å². The van der Waals surface area contributed by atoms with E-state index in [-0.39, 0.29) is 37.4 Å². The summed E-state index contributed by atoms with van der Waals surface area (Å²) in [6.07, 6.45) is 0.126. The van der Waals surface area contributed by atoms with Crippen molar-refractivity contribution in [2.45, 2.75) is 32.7 Å². The van der Waals surface area contributed by atoms with Crippen molar-refractivity contribution in [3.05, 3.63) is 0 Å². The van der Waals surface area contributed by atoms with Crippen molar-refractivity contribution in [3.63, 3.8) is 0 Å². The van der Waals surface area contributed by atoms with Gasteiger partial charge in [0.1, 0.15) is 0 Å². The Morgan fingerprint density at radius 3 is 2.26 bits per heavy atom. The fourth-order valence-electron chi connectivity index (χ4n) is 1.62. The fraction of sp³-hybridized carbons (Fsp3) is 0.750. The number of carboxylic acids is 1. The van der Waals surface area contributed by atoms with Gasteiger partial charge in [0.05, 0.1) is 6.42 Å². The maximum atomic E-state index is 11.8. The minimum Gasteiger partial charge on any atom is -0.481 e. The molecule has 3 amide bonds. The molecule has 0 aromatic heterocycles. The normalized spacial score (nSPS) is 11.6. The fourth-order valence-corrected chi connectivity index (χ4v) is 1.62. The van der Waals surface area contributed by atoms with Crippen LogP contribution in [0.2, 0.25) is 0 Å². The summed E-state index contributed by atoms with van der Waals surface area (Å²) in [6.45, 7) is 4.12. The third-order valence-electron chi connectivity index (χ3n) is 2.72. The zero-order chi connectivity index (χ0) is 15.0. The number of aliphatic carboxylic acids is 1. The molecule has 1 atom stereocenters. The van der Waals surface area contributed by atoms with Gasteiger partial charge in [-0.1, -0.05) is 0 Å². The second-order valence-electron chi connectivity index (χ2n) is 4.50. The SMILES string of the molecule is CCN(C(=O)NCCC(=O)N(C)C)C(C)CC(=O)O. The third kappa shape index (κ3) is 6.64. The van der Waals surface area contributed by atoms with Crippen LogP contribution in [-0.4, -0.2) is 66.0 Å². The lowest BCUT2D eigenvalue weighted by Crippen LogP contribution is -2.46. The molecule has 0 radical (unpaired) electrons. The second-order valence-corrected chi connectivity index (χ2v) is 4.50. The van der Waals surface area contributed by atoms with E-state index >= 15 is 0 Å². The van der Waals surface area contributed by atoms with Crippen molar-refractivity contribution in [2.24, 2.45) is 0 Å². The van der Waals surface area contributed by atoms with E-state index in [1.165, 1.54) is 9.80 Å². The molecule has 7 nitrogen and oxygen atoms in total. The zero-order valence-electron chi connectivity index (χ0n) is 12.0. The Hall–Kier alpha value is -1.79. The molecule has 0 aromatic rings. The van der Waals surface area contributed by atoms with Crippen LogP contribution < -0.4 is 5.32 Å². The summed E-state index contributed by atoms with van der Waals surface area (Å²) in [5, 5.41) is 11.3. The Bertz CT molecular complexity index is 331. The molecule has 2 N–H and O–H groups in total. The van der Waals surface area contributed by atoms with Crippen molar-refractivity contribution >= 4 is 17.9 Å². The minimum atomic E-state index is -0.943. The molecule has 0 fully saturated rings. The lowest BCUT2D eigenvalue weighted by molar-refractivity contribution is -0.138. The maximum absolute atomic E-state index is 11.8. The van der Waals surface area contributed by atoms with Crippen molar-refractivity contribution in [3.8, 4) is 0 Å². The average molecular weight is 273 g/mol. The van der Waals surface area contributed by atoms with Crippen LogP contribution in [0, 0.1) is 0 Å². The smallest absolute Gasteiger partial charge is 0.317 e. The highest BCUT2D eigenvalue weighted by Crippen LogP contribution is 2.04. The average Bonchev–Trinajstić information content (AvgIpc) is 2.28. The molecule has 0 rings (SSSR count). The van der Waals surface area contributed by atoms with Gasteiger partial charge in [0.2, 0.25) is 5.91 Å². The Kier molecular flexibility index (Phi) is 7.55. The lowest BCUT2D eigenvalue weighted by Gasteiger charge is -2.27. The number of hydrogen-bond acceptors (Lipinski definition) is 3. The summed E-state index contributed by atoms with van der Waals surface area (Å²) in [4.78, 5) is 36.7. The number of nitrogens with one attached hydrogen (secondary N) is 1. The van der Waals surface area contributed by atoms with Crippen LogP contribution in [0.1, 0.15) is 26.7 Å². The highest BCUT2D eigenvalue weighted by Gasteiger charge is 2.20. The Morgan fingerprint density at radius 2 is 1.84 bits per heavy atom. The van der Waals surface area contributed by atoms with Crippen LogP contribution in [0.25, 0.3) is 0 Å². The first-order valence-corrected chi connectivity index (χ1v) is 6.26. The molecule has 0 aliphatic rings. The van der Waals surface area contributed by atoms with Gasteiger partial charge in [0.25, 0.3) is 0 Å². The van der Waals surface area contributed by atoms with Crippen LogP contribution in [-0.2, 0) is 9.59 Å². The number of amides is 3. The zero-order valence-corrected chi connectivity index (χ0v) is 12.0. The highest BCUT2D eigenvalue weighted by atomic mass is 16.4. The third-order valence-corrected chi connectivity index (χ3v) is 2.72. The van der Waals surface area contributed by atoms with Crippen molar-refractivity contribution in [2.75, 3.05) is 27.2 Å². The monoisotopic (exact) mass is 273 g/mol. The molecular formula is C12H23N3O4. The van der Waals surface area contributed by atoms with E-state index in [1.54, 1.807) is 27.9 Å². The molecule has 1 unspecified atom stereocenters. The summed E-state index contributed by atoms with van der Waals surface area (Å²) >= 11 is 0. The predicted octanol–water partition coefficient (Wildman–Crippen LogP) is 0.359. The number of carbonyl (C=O) groups excluding carboxylic acids is 2. The van der Waals surface area contributed by atoms with Crippen molar-refractivity contribution < 1.29 is 19.5 Å². The first kappa shape index (κ1) is 17.2. The Morgan fingerprint density at radius 1 is 1.26 bits per heavy atom. The van der Waals surface area contributed by atoms with Gasteiger partial charge in [0.15, 0.2) is 0 Å². The largest absolute Gasteiger partial charge is 0.481 e. The van der Waals surface area contributed by atoms with Gasteiger partial charge in [-0.3, -0.25) is 9.59 Å². The van der Waals surface area contributed by atoms with Crippen LogP contribution in [0.5, 0.6) is 0 Å². The van der Waals surface area contributed by atoms with Crippen molar-refractivity contribution in [1.82, 2.24) is 15.1 Å².